The summed E-state index contributed by atoms with van der Waals surface area (Å²) in [6.07, 6.45) is 2.13. The SMILES string of the molecule is CCCCOc1ccc(CN(O)N=O)cc1.N. The van der Waals surface area contributed by atoms with Gasteiger partial charge in [-0.1, -0.05) is 25.5 Å². The number of benzene rings is 1. The summed E-state index contributed by atoms with van der Waals surface area (Å²) in [4.78, 5) is 9.95. The highest BCUT2D eigenvalue weighted by molar-refractivity contribution is 5.27. The van der Waals surface area contributed by atoms with Gasteiger partial charge in [0, 0.05) is 0 Å². The van der Waals surface area contributed by atoms with Gasteiger partial charge in [-0.25, -0.2) is 0 Å². The lowest BCUT2D eigenvalue weighted by atomic mass is 10.2. The molecule has 0 unspecified atom stereocenters. The molecule has 1 aromatic carbocycles. The summed E-state index contributed by atoms with van der Waals surface area (Å²) >= 11 is 0. The van der Waals surface area contributed by atoms with E-state index in [1.165, 1.54) is 0 Å². The van der Waals surface area contributed by atoms with Crippen molar-refractivity contribution in [3.8, 4) is 5.75 Å². The van der Waals surface area contributed by atoms with Crippen LogP contribution in [0.15, 0.2) is 29.6 Å². The van der Waals surface area contributed by atoms with Crippen LogP contribution in [0.2, 0.25) is 0 Å². The van der Waals surface area contributed by atoms with E-state index in [1.54, 1.807) is 12.1 Å². The van der Waals surface area contributed by atoms with Crippen molar-refractivity contribution in [3.05, 3.63) is 34.7 Å². The van der Waals surface area contributed by atoms with E-state index in [0.717, 1.165) is 24.2 Å². The normalized spacial score (nSPS) is 9.29. The van der Waals surface area contributed by atoms with Crippen LogP contribution < -0.4 is 10.9 Å². The Balaban J connectivity index is 0.00000256. The molecule has 1 aromatic rings. The van der Waals surface area contributed by atoms with Gasteiger partial charge in [0.1, 0.15) is 5.75 Å². The van der Waals surface area contributed by atoms with Crippen molar-refractivity contribution in [2.75, 3.05) is 6.61 Å². The zero-order valence-corrected chi connectivity index (χ0v) is 10.0. The first-order valence-electron chi connectivity index (χ1n) is 5.27. The first-order valence-corrected chi connectivity index (χ1v) is 5.27. The quantitative estimate of drug-likeness (QED) is 0.434. The second kappa shape index (κ2) is 8.49. The number of rotatable bonds is 7. The van der Waals surface area contributed by atoms with E-state index < -0.39 is 0 Å². The van der Waals surface area contributed by atoms with Crippen LogP contribution in [0.1, 0.15) is 25.3 Å². The van der Waals surface area contributed by atoms with Crippen molar-refractivity contribution in [1.29, 1.82) is 0 Å². The lowest BCUT2D eigenvalue weighted by molar-refractivity contribution is -0.100. The Labute approximate surface area is 101 Å². The van der Waals surface area contributed by atoms with Crippen LogP contribution in [0.5, 0.6) is 5.75 Å². The summed E-state index contributed by atoms with van der Waals surface area (Å²) in [5.41, 5.74) is 0.796. The molecule has 0 atom stereocenters. The van der Waals surface area contributed by atoms with E-state index in [9.17, 15) is 4.91 Å². The minimum atomic E-state index is 0. The van der Waals surface area contributed by atoms with Gasteiger partial charge < -0.3 is 10.9 Å². The molecule has 0 aliphatic carbocycles. The predicted octanol–water partition coefficient (Wildman–Crippen LogP) is 2.90. The molecule has 0 radical (unpaired) electrons. The average molecular weight is 241 g/mol. The third kappa shape index (κ3) is 5.84. The molecule has 6 nitrogen and oxygen atoms in total. The second-order valence-corrected chi connectivity index (χ2v) is 3.46. The summed E-state index contributed by atoms with van der Waals surface area (Å²) in [5.74, 6) is 0.792. The van der Waals surface area contributed by atoms with Gasteiger partial charge >= 0.3 is 0 Å². The molecule has 4 N–H and O–H groups in total. The summed E-state index contributed by atoms with van der Waals surface area (Å²) in [6.45, 7) is 2.89. The van der Waals surface area contributed by atoms with Crippen LogP contribution in [-0.2, 0) is 6.54 Å². The van der Waals surface area contributed by atoms with E-state index in [0.29, 0.717) is 11.8 Å². The van der Waals surface area contributed by atoms with Crippen LogP contribution in [0, 0.1) is 4.91 Å². The predicted molar refractivity (Wildman–Crippen MR) is 65.0 cm³/mol. The molecule has 0 heterocycles. The molecular formula is C11H19N3O3. The Kier molecular flexibility index (Phi) is 7.66. The van der Waals surface area contributed by atoms with Crippen molar-refractivity contribution < 1.29 is 9.94 Å². The molecule has 0 saturated carbocycles. The standard InChI is InChI=1S/C11H16N2O3.H3N/c1-2-3-8-16-11-6-4-10(5-7-11)9-13(15)12-14;/h4-7,15H,2-3,8-9H2,1H3;1H3. The molecule has 0 aliphatic rings. The van der Waals surface area contributed by atoms with E-state index in [-0.39, 0.29) is 12.7 Å². The van der Waals surface area contributed by atoms with Gasteiger partial charge in [-0.05, 0) is 24.1 Å². The molecular weight excluding hydrogens is 222 g/mol. The third-order valence-electron chi connectivity index (χ3n) is 2.11. The molecule has 1 rings (SSSR count). The third-order valence-corrected chi connectivity index (χ3v) is 2.11. The number of hydroxylamine groups is 1. The molecule has 6 heteroatoms. The first kappa shape index (κ1) is 15.3. The van der Waals surface area contributed by atoms with Gasteiger partial charge in [0.05, 0.1) is 18.4 Å². The second-order valence-electron chi connectivity index (χ2n) is 3.46. The number of hydrogen-bond acceptors (Lipinski definition) is 5. The Morgan fingerprint density at radius 1 is 1.35 bits per heavy atom. The summed E-state index contributed by atoms with van der Waals surface area (Å²) in [6, 6.07) is 7.19. The molecule has 0 fully saturated rings. The van der Waals surface area contributed by atoms with Crippen LogP contribution >= 0.6 is 0 Å². The van der Waals surface area contributed by atoms with Crippen LogP contribution in [-0.4, -0.2) is 17.0 Å². The van der Waals surface area contributed by atoms with Crippen molar-refractivity contribution in [1.82, 2.24) is 11.3 Å². The Hall–Kier alpha value is -1.66. The summed E-state index contributed by atoms with van der Waals surface area (Å²) in [5, 5.41) is 11.6. The lowest BCUT2D eigenvalue weighted by Crippen LogP contribution is -2.09. The fraction of sp³-hybridized carbons (Fsp3) is 0.455. The highest BCUT2D eigenvalue weighted by Gasteiger charge is 2.00. The number of nitroso groups, excluding NO2 is 1. The maximum atomic E-state index is 9.95. The Bertz CT molecular complexity index is 316. The van der Waals surface area contributed by atoms with E-state index in [1.807, 2.05) is 12.1 Å². The highest BCUT2D eigenvalue weighted by Crippen LogP contribution is 2.13. The van der Waals surface area contributed by atoms with Crippen molar-refractivity contribution >= 4 is 0 Å². The van der Waals surface area contributed by atoms with Crippen molar-refractivity contribution in [3.63, 3.8) is 0 Å². The van der Waals surface area contributed by atoms with Gasteiger partial charge in [-0.15, -0.1) is 10.1 Å². The fourth-order valence-corrected chi connectivity index (χ4v) is 1.22. The number of unbranched alkanes of at least 4 members (excludes halogenated alkanes) is 1. The monoisotopic (exact) mass is 241 g/mol. The van der Waals surface area contributed by atoms with E-state index in [2.05, 4.69) is 12.2 Å². The minimum Gasteiger partial charge on any atom is -0.494 e. The zero-order chi connectivity index (χ0) is 11.8. The van der Waals surface area contributed by atoms with Crippen molar-refractivity contribution in [2.24, 2.45) is 5.29 Å². The molecule has 0 spiro atoms. The maximum absolute atomic E-state index is 9.95. The largest absolute Gasteiger partial charge is 0.494 e. The van der Waals surface area contributed by atoms with Crippen LogP contribution in [0.25, 0.3) is 0 Å². The van der Waals surface area contributed by atoms with Gasteiger partial charge in [0.25, 0.3) is 0 Å². The Morgan fingerprint density at radius 3 is 2.53 bits per heavy atom. The Morgan fingerprint density at radius 2 is 2.00 bits per heavy atom. The maximum Gasteiger partial charge on any atom is 0.119 e. The smallest absolute Gasteiger partial charge is 0.119 e. The molecule has 17 heavy (non-hydrogen) atoms. The summed E-state index contributed by atoms with van der Waals surface area (Å²) in [7, 11) is 0. The van der Waals surface area contributed by atoms with Crippen molar-refractivity contribution in [2.45, 2.75) is 26.3 Å². The number of nitrogens with zero attached hydrogens (tertiary/aromatic N) is 2. The molecule has 0 aromatic heterocycles. The van der Waals surface area contributed by atoms with Crippen LogP contribution in [0.4, 0.5) is 0 Å². The summed E-state index contributed by atoms with van der Waals surface area (Å²) < 4.78 is 5.47. The van der Waals surface area contributed by atoms with Gasteiger partial charge in [-0.2, -0.15) is 0 Å². The minimum absolute atomic E-state index is 0. The van der Waals surface area contributed by atoms with Gasteiger partial charge in [-0.3, -0.25) is 5.21 Å². The number of ether oxygens (including phenoxy) is 1. The van der Waals surface area contributed by atoms with Gasteiger partial charge in [0.2, 0.25) is 0 Å². The average Bonchev–Trinajstić information content (AvgIpc) is 2.31. The molecule has 0 amide bonds. The van der Waals surface area contributed by atoms with E-state index >= 15 is 0 Å². The lowest BCUT2D eigenvalue weighted by Gasteiger charge is -2.08. The highest BCUT2D eigenvalue weighted by atomic mass is 16.6. The number of hydrogen-bond donors (Lipinski definition) is 2. The molecule has 96 valence electrons. The van der Waals surface area contributed by atoms with Crippen LogP contribution in [0.3, 0.4) is 0 Å². The molecule has 0 bridgehead atoms. The topological polar surface area (TPSA) is 97.1 Å². The zero-order valence-electron chi connectivity index (χ0n) is 10.0. The first-order chi connectivity index (χ1) is 7.76. The van der Waals surface area contributed by atoms with E-state index in [4.69, 9.17) is 9.94 Å². The van der Waals surface area contributed by atoms with Gasteiger partial charge in [0.15, 0.2) is 0 Å². The fourth-order valence-electron chi connectivity index (χ4n) is 1.22. The molecule has 0 aliphatic heterocycles. The molecule has 0 saturated heterocycles.